The van der Waals surface area contributed by atoms with Gasteiger partial charge in [-0.2, -0.15) is 0 Å². The Labute approximate surface area is 298 Å². The zero-order valence-corrected chi connectivity index (χ0v) is 28.7. The SMILES string of the molecule is CC(C)c1ccc2c3c(cccc13)-c1cc(-c3ccc4c5c(cccc35)-c3c-4c(-c4ccccc4)c4ccccc4c3-c3ccccc3)ccc1-2. The second kappa shape index (κ2) is 10.6. The molecule has 0 radical (unpaired) electrons. The van der Waals surface area contributed by atoms with Gasteiger partial charge < -0.3 is 0 Å². The lowest BCUT2D eigenvalue weighted by Crippen LogP contribution is -1.93. The Balaban J connectivity index is 1.19. The molecule has 0 unspecified atom stereocenters. The van der Waals surface area contributed by atoms with Gasteiger partial charge >= 0.3 is 0 Å². The van der Waals surface area contributed by atoms with Crippen LogP contribution in [-0.2, 0) is 0 Å². The number of hydrogen-bond acceptors (Lipinski definition) is 0. The molecule has 0 bridgehead atoms. The number of rotatable bonds is 4. The Hall–Kier alpha value is -6.24. The summed E-state index contributed by atoms with van der Waals surface area (Å²) >= 11 is 0. The predicted molar refractivity (Wildman–Crippen MR) is 218 cm³/mol. The highest BCUT2D eigenvalue weighted by Gasteiger charge is 2.31. The third-order valence-electron chi connectivity index (χ3n) is 11.5. The molecule has 51 heavy (non-hydrogen) atoms. The normalized spacial score (nSPS) is 12.3. The Morgan fingerprint density at radius 1 is 0.294 bits per heavy atom. The predicted octanol–water partition coefficient (Wildman–Crippen LogP) is 14.6. The van der Waals surface area contributed by atoms with Gasteiger partial charge in [0.2, 0.25) is 0 Å². The van der Waals surface area contributed by atoms with Crippen molar-refractivity contribution in [1.29, 1.82) is 0 Å². The van der Waals surface area contributed by atoms with E-state index in [1.165, 1.54) is 116 Å². The first-order valence-electron chi connectivity index (χ1n) is 18.1. The van der Waals surface area contributed by atoms with E-state index in [0.29, 0.717) is 5.92 Å². The van der Waals surface area contributed by atoms with E-state index in [9.17, 15) is 0 Å². The highest BCUT2D eigenvalue weighted by molar-refractivity contribution is 6.29. The highest BCUT2D eigenvalue weighted by atomic mass is 14.3. The summed E-state index contributed by atoms with van der Waals surface area (Å²) in [5.74, 6) is 0.480. The first-order chi connectivity index (χ1) is 25.2. The molecular weight excluding hydrogens is 613 g/mol. The van der Waals surface area contributed by atoms with Crippen LogP contribution in [0.1, 0.15) is 25.3 Å². The van der Waals surface area contributed by atoms with Gasteiger partial charge in [-0.15, -0.1) is 0 Å². The molecule has 9 aromatic carbocycles. The van der Waals surface area contributed by atoms with Crippen LogP contribution in [-0.4, -0.2) is 0 Å². The monoisotopic (exact) mass is 646 g/mol. The van der Waals surface area contributed by atoms with Crippen LogP contribution in [0.25, 0.3) is 110 Å². The minimum atomic E-state index is 0.480. The molecule has 0 nitrogen and oxygen atoms in total. The summed E-state index contributed by atoms with van der Waals surface area (Å²) in [5.41, 5.74) is 19.8. The van der Waals surface area contributed by atoms with Gasteiger partial charge in [0.1, 0.15) is 0 Å². The zero-order chi connectivity index (χ0) is 33.8. The minimum absolute atomic E-state index is 0.480. The van der Waals surface area contributed by atoms with E-state index in [1.807, 2.05) is 0 Å². The van der Waals surface area contributed by atoms with Crippen molar-refractivity contribution in [2.24, 2.45) is 0 Å². The molecule has 11 rings (SSSR count). The van der Waals surface area contributed by atoms with Crippen molar-refractivity contribution in [3.63, 3.8) is 0 Å². The summed E-state index contributed by atoms with van der Waals surface area (Å²) in [6.45, 7) is 4.60. The lowest BCUT2D eigenvalue weighted by molar-refractivity contribution is 0.876. The molecule has 0 spiro atoms. The second-order valence-corrected chi connectivity index (χ2v) is 14.5. The maximum absolute atomic E-state index is 2.45. The fraction of sp³-hybridized carbons (Fsp3) is 0.0588. The molecule has 0 saturated heterocycles. The van der Waals surface area contributed by atoms with Crippen LogP contribution in [0.4, 0.5) is 0 Å². The van der Waals surface area contributed by atoms with Gasteiger partial charge in [-0.05, 0) is 128 Å². The molecule has 0 heteroatoms. The van der Waals surface area contributed by atoms with Gasteiger partial charge in [-0.1, -0.05) is 172 Å². The summed E-state index contributed by atoms with van der Waals surface area (Å²) in [5, 5.41) is 8.03. The topological polar surface area (TPSA) is 0 Å². The maximum atomic E-state index is 2.45. The minimum Gasteiger partial charge on any atom is -0.0622 e. The molecule has 0 heterocycles. The molecule has 0 atom stereocenters. The van der Waals surface area contributed by atoms with E-state index in [0.717, 1.165) is 0 Å². The Morgan fingerprint density at radius 2 is 0.784 bits per heavy atom. The van der Waals surface area contributed by atoms with E-state index in [4.69, 9.17) is 0 Å². The zero-order valence-electron chi connectivity index (χ0n) is 28.7. The van der Waals surface area contributed by atoms with Crippen LogP contribution >= 0.6 is 0 Å². The number of benzene rings is 9. The average Bonchev–Trinajstić information content (AvgIpc) is 3.69. The Kier molecular flexibility index (Phi) is 5.96. The van der Waals surface area contributed by atoms with Gasteiger partial charge in [-0.25, -0.2) is 0 Å². The van der Waals surface area contributed by atoms with Crippen LogP contribution < -0.4 is 0 Å². The van der Waals surface area contributed by atoms with Crippen LogP contribution in [0.15, 0.2) is 164 Å². The first kappa shape index (κ1) is 28.6. The summed E-state index contributed by atoms with van der Waals surface area (Å²) in [6, 6.07) is 61.4. The Morgan fingerprint density at radius 3 is 1.45 bits per heavy atom. The summed E-state index contributed by atoms with van der Waals surface area (Å²) < 4.78 is 0. The standard InChI is InChI=1S/C51H34/c1-30(2)34-25-27-42-36-24-23-33(29-45(36)41-21-11-19-37(34)48(41)42)35-26-28-44-49-38(35)20-12-22-43(49)50-46(31-13-5-3-6-14-31)39-17-9-10-18-40(39)47(51(44)50)32-15-7-4-8-16-32/h3-30H,1-2H3. The lowest BCUT2D eigenvalue weighted by Gasteiger charge is -2.20. The van der Waals surface area contributed by atoms with Gasteiger partial charge in [0.15, 0.2) is 0 Å². The quantitative estimate of drug-likeness (QED) is 0.178. The van der Waals surface area contributed by atoms with Gasteiger partial charge in [-0.3, -0.25) is 0 Å². The molecule has 0 saturated carbocycles. The summed E-state index contributed by atoms with van der Waals surface area (Å²) in [6.07, 6.45) is 0. The van der Waals surface area contributed by atoms with E-state index in [1.54, 1.807) is 0 Å². The molecule has 0 fully saturated rings. The van der Waals surface area contributed by atoms with Crippen LogP contribution in [0, 0.1) is 0 Å². The smallest absolute Gasteiger partial charge is 0.000741 e. The van der Waals surface area contributed by atoms with Crippen LogP contribution in [0.5, 0.6) is 0 Å². The second-order valence-electron chi connectivity index (χ2n) is 14.5. The third kappa shape index (κ3) is 3.91. The lowest BCUT2D eigenvalue weighted by atomic mass is 9.82. The van der Waals surface area contributed by atoms with Crippen molar-refractivity contribution in [1.82, 2.24) is 0 Å². The fourth-order valence-corrected chi connectivity index (χ4v) is 9.41. The summed E-state index contributed by atoms with van der Waals surface area (Å²) in [7, 11) is 0. The third-order valence-corrected chi connectivity index (χ3v) is 11.5. The van der Waals surface area contributed by atoms with E-state index < -0.39 is 0 Å². The van der Waals surface area contributed by atoms with E-state index >= 15 is 0 Å². The molecular formula is C51H34. The maximum Gasteiger partial charge on any atom is -0.000741 e. The molecule has 9 aromatic rings. The van der Waals surface area contributed by atoms with Crippen molar-refractivity contribution < 1.29 is 0 Å². The summed E-state index contributed by atoms with van der Waals surface area (Å²) in [4.78, 5) is 0. The van der Waals surface area contributed by atoms with Gasteiger partial charge in [0, 0.05) is 0 Å². The molecule has 0 aromatic heterocycles. The Bertz CT molecular complexity index is 2820. The van der Waals surface area contributed by atoms with Crippen LogP contribution in [0.3, 0.4) is 0 Å². The highest BCUT2D eigenvalue weighted by Crippen LogP contribution is 2.59. The van der Waals surface area contributed by atoms with E-state index in [2.05, 4.69) is 178 Å². The van der Waals surface area contributed by atoms with Crippen LogP contribution in [0.2, 0.25) is 0 Å². The van der Waals surface area contributed by atoms with E-state index in [-0.39, 0.29) is 0 Å². The molecule has 0 N–H and O–H groups in total. The molecule has 0 aliphatic heterocycles. The average molecular weight is 647 g/mol. The largest absolute Gasteiger partial charge is 0.0622 e. The van der Waals surface area contributed by atoms with Crippen molar-refractivity contribution >= 4 is 32.3 Å². The van der Waals surface area contributed by atoms with Crippen molar-refractivity contribution in [3.05, 3.63) is 169 Å². The molecule has 238 valence electrons. The van der Waals surface area contributed by atoms with Crippen molar-refractivity contribution in [2.75, 3.05) is 0 Å². The van der Waals surface area contributed by atoms with Gasteiger partial charge in [0.25, 0.3) is 0 Å². The number of hydrogen-bond donors (Lipinski definition) is 0. The van der Waals surface area contributed by atoms with Crippen molar-refractivity contribution in [3.8, 4) is 77.9 Å². The fourth-order valence-electron chi connectivity index (χ4n) is 9.41. The molecule has 2 aliphatic carbocycles. The number of fused-ring (bicyclic) bond motifs is 7. The molecule has 2 aliphatic rings. The van der Waals surface area contributed by atoms with Crippen molar-refractivity contribution in [2.45, 2.75) is 19.8 Å². The van der Waals surface area contributed by atoms with Gasteiger partial charge in [0.05, 0.1) is 0 Å². The molecule has 0 amide bonds. The first-order valence-corrected chi connectivity index (χ1v) is 18.1.